The van der Waals surface area contributed by atoms with Gasteiger partial charge in [-0.2, -0.15) is 4.31 Å². The molecule has 0 spiro atoms. The molecule has 0 aromatic heterocycles. The highest BCUT2D eigenvalue weighted by molar-refractivity contribution is 7.89. The normalized spacial score (nSPS) is 17.8. The molecular formula is C16H26ClN3O4S. The van der Waals surface area contributed by atoms with Gasteiger partial charge in [-0.25, -0.2) is 8.42 Å². The summed E-state index contributed by atoms with van der Waals surface area (Å²) in [5, 5.41) is 5.83. The average Bonchev–Trinajstić information content (AvgIpc) is 2.58. The molecule has 2 rings (SSSR count). The highest BCUT2D eigenvalue weighted by atomic mass is 35.5. The van der Waals surface area contributed by atoms with E-state index in [-0.39, 0.29) is 23.2 Å². The molecule has 1 unspecified atom stereocenters. The largest absolute Gasteiger partial charge is 0.378 e. The summed E-state index contributed by atoms with van der Waals surface area (Å²) < 4.78 is 32.1. The van der Waals surface area contributed by atoms with E-state index in [1.807, 2.05) is 0 Å². The summed E-state index contributed by atoms with van der Waals surface area (Å²) >= 11 is 0. The van der Waals surface area contributed by atoms with Crippen molar-refractivity contribution < 1.29 is 17.9 Å². The molecule has 0 aliphatic carbocycles. The van der Waals surface area contributed by atoms with Gasteiger partial charge in [-0.1, -0.05) is 19.9 Å². The third kappa shape index (κ3) is 5.15. The molecule has 1 fully saturated rings. The molecule has 1 heterocycles. The number of hydrogen-bond donors (Lipinski definition) is 2. The Morgan fingerprint density at radius 2 is 2.04 bits per heavy atom. The smallest absolute Gasteiger partial charge is 0.243 e. The van der Waals surface area contributed by atoms with E-state index in [1.165, 1.54) is 10.4 Å². The maximum Gasteiger partial charge on any atom is 0.243 e. The number of morpholine rings is 1. The second-order valence-electron chi connectivity index (χ2n) is 5.64. The van der Waals surface area contributed by atoms with E-state index in [1.54, 1.807) is 32.9 Å². The van der Waals surface area contributed by atoms with Gasteiger partial charge in [0.15, 0.2) is 0 Å². The highest BCUT2D eigenvalue weighted by Crippen LogP contribution is 2.23. The molecule has 1 saturated heterocycles. The number of rotatable bonds is 6. The zero-order valence-corrected chi connectivity index (χ0v) is 16.4. The second-order valence-corrected chi connectivity index (χ2v) is 7.55. The minimum atomic E-state index is -3.57. The van der Waals surface area contributed by atoms with Gasteiger partial charge in [0.05, 0.1) is 18.1 Å². The Labute approximate surface area is 155 Å². The van der Waals surface area contributed by atoms with E-state index >= 15 is 0 Å². The molecule has 2 N–H and O–H groups in total. The molecule has 0 bridgehead atoms. The third-order valence-corrected chi connectivity index (χ3v) is 6.21. The van der Waals surface area contributed by atoms with Crippen LogP contribution < -0.4 is 10.6 Å². The number of hydrogen-bond acceptors (Lipinski definition) is 5. The van der Waals surface area contributed by atoms with E-state index in [9.17, 15) is 13.2 Å². The van der Waals surface area contributed by atoms with E-state index in [0.717, 1.165) is 0 Å². The number of benzene rings is 1. The molecule has 1 atom stereocenters. The first-order chi connectivity index (χ1) is 11.4. The molecule has 1 amide bonds. The molecule has 0 radical (unpaired) electrons. The Morgan fingerprint density at radius 3 is 2.60 bits per heavy atom. The van der Waals surface area contributed by atoms with Crippen LogP contribution in [-0.4, -0.2) is 57.5 Å². The van der Waals surface area contributed by atoms with Crippen LogP contribution in [0.25, 0.3) is 0 Å². The predicted octanol–water partition coefficient (Wildman–Crippen LogP) is 1.37. The fourth-order valence-corrected chi connectivity index (χ4v) is 4.33. The molecule has 7 nitrogen and oxygen atoms in total. The van der Waals surface area contributed by atoms with Crippen LogP contribution in [0.4, 0.5) is 5.69 Å². The fraction of sp³-hybridized carbons (Fsp3) is 0.562. The zero-order chi connectivity index (χ0) is 17.7. The maximum atomic E-state index is 12.7. The summed E-state index contributed by atoms with van der Waals surface area (Å²) in [5.41, 5.74) is 1.11. The van der Waals surface area contributed by atoms with Crippen molar-refractivity contribution in [3.05, 3.63) is 23.8 Å². The lowest BCUT2D eigenvalue weighted by Crippen LogP contribution is -2.48. The van der Waals surface area contributed by atoms with Crippen LogP contribution in [0.3, 0.4) is 0 Å². The highest BCUT2D eigenvalue weighted by Gasteiger charge is 2.25. The lowest BCUT2D eigenvalue weighted by molar-refractivity contribution is -0.120. The minimum Gasteiger partial charge on any atom is -0.378 e. The molecule has 1 aromatic carbocycles. The van der Waals surface area contributed by atoms with Crippen LogP contribution in [-0.2, 0) is 19.6 Å². The van der Waals surface area contributed by atoms with Crippen molar-refractivity contribution in [3.8, 4) is 0 Å². The summed E-state index contributed by atoms with van der Waals surface area (Å²) in [7, 11) is -3.57. The monoisotopic (exact) mass is 391 g/mol. The Bertz CT molecular complexity index is 687. The number of ether oxygens (including phenoxy) is 1. The summed E-state index contributed by atoms with van der Waals surface area (Å²) in [5.74, 6) is -0.232. The molecule has 1 aliphatic rings. The van der Waals surface area contributed by atoms with E-state index < -0.39 is 16.1 Å². The van der Waals surface area contributed by atoms with Crippen molar-refractivity contribution in [2.75, 3.05) is 38.2 Å². The zero-order valence-electron chi connectivity index (χ0n) is 14.7. The number of halogens is 1. The van der Waals surface area contributed by atoms with Crippen molar-refractivity contribution in [2.24, 2.45) is 0 Å². The van der Waals surface area contributed by atoms with Crippen LogP contribution in [0.5, 0.6) is 0 Å². The summed E-state index contributed by atoms with van der Waals surface area (Å²) in [6.45, 7) is 7.67. The van der Waals surface area contributed by atoms with Gasteiger partial charge in [-0.05, 0) is 24.6 Å². The minimum absolute atomic E-state index is 0. The number of amides is 1. The van der Waals surface area contributed by atoms with Gasteiger partial charge in [0.1, 0.15) is 6.04 Å². The SMILES string of the molecule is CCN(CC)S(=O)(=O)c1cc(NC(=O)C2COCCN2)ccc1C.Cl. The molecule has 0 saturated carbocycles. The Morgan fingerprint density at radius 1 is 1.36 bits per heavy atom. The van der Waals surface area contributed by atoms with Gasteiger partial charge in [0.2, 0.25) is 15.9 Å². The van der Waals surface area contributed by atoms with Crippen LogP contribution in [0, 0.1) is 6.92 Å². The topological polar surface area (TPSA) is 87.7 Å². The molecular weight excluding hydrogens is 366 g/mol. The second kappa shape index (κ2) is 9.49. The van der Waals surface area contributed by atoms with Gasteiger partial charge >= 0.3 is 0 Å². The van der Waals surface area contributed by atoms with Crippen LogP contribution in [0.15, 0.2) is 23.1 Å². The molecule has 1 aromatic rings. The van der Waals surface area contributed by atoms with Crippen molar-refractivity contribution >= 4 is 34.0 Å². The number of nitrogens with zero attached hydrogens (tertiary/aromatic N) is 1. The van der Waals surface area contributed by atoms with Crippen LogP contribution >= 0.6 is 12.4 Å². The van der Waals surface area contributed by atoms with Crippen LogP contribution in [0.1, 0.15) is 19.4 Å². The molecule has 9 heteroatoms. The van der Waals surface area contributed by atoms with Gasteiger partial charge < -0.3 is 15.4 Å². The fourth-order valence-electron chi connectivity index (χ4n) is 2.62. The number of carbonyl (C=O) groups is 1. The van der Waals surface area contributed by atoms with Gasteiger partial charge in [0.25, 0.3) is 0 Å². The molecule has 142 valence electrons. The Balaban J connectivity index is 0.00000312. The number of aryl methyl sites for hydroxylation is 1. The van der Waals surface area contributed by atoms with Gasteiger partial charge in [-0.15, -0.1) is 12.4 Å². The van der Waals surface area contributed by atoms with Crippen LogP contribution in [0.2, 0.25) is 0 Å². The Kier molecular flexibility index (Phi) is 8.30. The maximum absolute atomic E-state index is 12.7. The molecule has 1 aliphatic heterocycles. The quantitative estimate of drug-likeness (QED) is 0.764. The lowest BCUT2D eigenvalue weighted by Gasteiger charge is -2.23. The van der Waals surface area contributed by atoms with Crippen molar-refractivity contribution in [1.29, 1.82) is 0 Å². The average molecular weight is 392 g/mol. The van der Waals surface area contributed by atoms with Gasteiger partial charge in [-0.3, -0.25) is 4.79 Å². The van der Waals surface area contributed by atoms with Crippen molar-refractivity contribution in [3.63, 3.8) is 0 Å². The van der Waals surface area contributed by atoms with Crippen molar-refractivity contribution in [1.82, 2.24) is 9.62 Å². The number of nitrogens with one attached hydrogen (secondary N) is 2. The first-order valence-electron chi connectivity index (χ1n) is 8.13. The number of anilines is 1. The number of sulfonamides is 1. The first kappa shape index (κ1) is 21.9. The van der Waals surface area contributed by atoms with E-state index in [0.29, 0.717) is 44.1 Å². The summed E-state index contributed by atoms with van der Waals surface area (Å²) in [6.07, 6.45) is 0. The van der Waals surface area contributed by atoms with E-state index in [4.69, 9.17) is 4.74 Å². The summed E-state index contributed by atoms with van der Waals surface area (Å²) in [4.78, 5) is 12.5. The van der Waals surface area contributed by atoms with Gasteiger partial charge in [0, 0.05) is 25.3 Å². The first-order valence-corrected chi connectivity index (χ1v) is 9.57. The standard InChI is InChI=1S/C16H25N3O4S.ClH/c1-4-19(5-2)24(21,22)15-10-13(7-6-12(15)3)18-16(20)14-11-23-9-8-17-14;/h6-7,10,14,17H,4-5,8-9,11H2,1-3H3,(H,18,20);1H. The predicted molar refractivity (Wildman–Crippen MR) is 99.8 cm³/mol. The third-order valence-electron chi connectivity index (χ3n) is 4.02. The van der Waals surface area contributed by atoms with E-state index in [2.05, 4.69) is 10.6 Å². The molecule has 25 heavy (non-hydrogen) atoms. The number of carbonyl (C=O) groups excluding carboxylic acids is 1. The summed E-state index contributed by atoms with van der Waals surface area (Å²) in [6, 6.07) is 4.50. The lowest BCUT2D eigenvalue weighted by atomic mass is 10.2. The van der Waals surface area contributed by atoms with Crippen molar-refractivity contribution in [2.45, 2.75) is 31.7 Å². The Hall–Kier alpha value is -1.19.